The van der Waals surface area contributed by atoms with Gasteiger partial charge in [0.2, 0.25) is 0 Å². The van der Waals surface area contributed by atoms with E-state index in [9.17, 15) is 0 Å². The smallest absolute Gasteiger partial charge is 0.135 e. The van der Waals surface area contributed by atoms with Gasteiger partial charge in [-0.3, -0.25) is 0 Å². The number of fused-ring (bicyclic) bond motifs is 3. The molecule has 1 heterocycles. The van der Waals surface area contributed by atoms with Gasteiger partial charge in [-0.25, -0.2) is 0 Å². The van der Waals surface area contributed by atoms with Crippen LogP contribution in [0.25, 0.3) is 21.9 Å². The number of aryl methyl sites for hydroxylation is 4. The van der Waals surface area contributed by atoms with Crippen molar-refractivity contribution in [3.63, 3.8) is 0 Å². The summed E-state index contributed by atoms with van der Waals surface area (Å²) in [4.78, 5) is 0. The van der Waals surface area contributed by atoms with Crippen LogP contribution in [0.5, 0.6) is 0 Å². The lowest BCUT2D eigenvalue weighted by atomic mass is 9.94. The second-order valence-corrected chi connectivity index (χ2v) is 7.57. The highest BCUT2D eigenvalue weighted by Crippen LogP contribution is 2.33. The lowest BCUT2D eigenvalue weighted by Gasteiger charge is -2.10. The normalized spacial score (nSPS) is 11.7. The Morgan fingerprint density at radius 3 is 1.80 bits per heavy atom. The first-order chi connectivity index (χ1) is 12.1. The monoisotopic (exact) mass is 336 g/mol. The lowest BCUT2D eigenvalue weighted by molar-refractivity contribution is 0.663. The maximum Gasteiger partial charge on any atom is 0.135 e. The van der Waals surface area contributed by atoms with E-state index in [1.165, 1.54) is 84.4 Å². The Bertz CT molecular complexity index is 854. The Morgan fingerprint density at radius 2 is 1.16 bits per heavy atom. The predicted octanol–water partition coefficient (Wildman–Crippen LogP) is 7.67. The molecule has 3 aromatic rings. The van der Waals surface area contributed by atoms with Crippen LogP contribution in [0.15, 0.2) is 28.7 Å². The minimum absolute atomic E-state index is 1.03. The average molecular weight is 337 g/mol. The topological polar surface area (TPSA) is 13.1 Å². The van der Waals surface area contributed by atoms with Crippen LogP contribution >= 0.6 is 0 Å². The van der Waals surface area contributed by atoms with Gasteiger partial charge in [0.15, 0.2) is 0 Å². The first-order valence-electron chi connectivity index (χ1n) is 10.1. The van der Waals surface area contributed by atoms with Crippen molar-refractivity contribution in [2.45, 2.75) is 79.1 Å². The molecule has 0 amide bonds. The fraction of sp³-hybridized carbons (Fsp3) is 0.500. The quantitative estimate of drug-likeness (QED) is 0.385. The zero-order valence-electron chi connectivity index (χ0n) is 16.4. The van der Waals surface area contributed by atoms with Gasteiger partial charge in [0.05, 0.1) is 0 Å². The number of benzene rings is 2. The van der Waals surface area contributed by atoms with Crippen LogP contribution < -0.4 is 0 Å². The molecule has 3 rings (SSSR count). The number of furan rings is 1. The van der Waals surface area contributed by atoms with E-state index in [0.29, 0.717) is 0 Å². The Labute approximate surface area is 152 Å². The first-order valence-corrected chi connectivity index (χ1v) is 10.1. The van der Waals surface area contributed by atoms with E-state index in [0.717, 1.165) is 11.2 Å². The highest BCUT2D eigenvalue weighted by Gasteiger charge is 2.13. The van der Waals surface area contributed by atoms with Crippen molar-refractivity contribution in [2.75, 3.05) is 0 Å². The number of hydrogen-bond donors (Lipinski definition) is 0. The molecule has 0 aliphatic heterocycles. The molecule has 0 aliphatic carbocycles. The van der Waals surface area contributed by atoms with Gasteiger partial charge in [-0.2, -0.15) is 0 Å². The van der Waals surface area contributed by atoms with Crippen molar-refractivity contribution < 1.29 is 4.42 Å². The van der Waals surface area contributed by atoms with Gasteiger partial charge >= 0.3 is 0 Å². The predicted molar refractivity (Wildman–Crippen MR) is 110 cm³/mol. The van der Waals surface area contributed by atoms with Gasteiger partial charge in [-0.1, -0.05) is 39.5 Å². The van der Waals surface area contributed by atoms with Crippen LogP contribution in [0.1, 0.15) is 74.6 Å². The Morgan fingerprint density at radius 1 is 0.640 bits per heavy atom. The molecule has 0 saturated heterocycles. The average Bonchev–Trinajstić information content (AvgIpc) is 2.92. The summed E-state index contributed by atoms with van der Waals surface area (Å²) < 4.78 is 6.22. The molecule has 0 spiro atoms. The fourth-order valence-corrected chi connectivity index (χ4v) is 3.76. The van der Waals surface area contributed by atoms with Gasteiger partial charge in [0, 0.05) is 10.8 Å². The van der Waals surface area contributed by atoms with E-state index >= 15 is 0 Å². The van der Waals surface area contributed by atoms with E-state index in [1.807, 2.05) is 0 Å². The summed E-state index contributed by atoms with van der Waals surface area (Å²) in [6.07, 6.45) is 10.1. The minimum atomic E-state index is 1.03. The van der Waals surface area contributed by atoms with Crippen LogP contribution in [-0.4, -0.2) is 0 Å². The van der Waals surface area contributed by atoms with Crippen molar-refractivity contribution >= 4 is 21.9 Å². The van der Waals surface area contributed by atoms with E-state index in [2.05, 4.69) is 52.0 Å². The summed E-state index contributed by atoms with van der Waals surface area (Å²) in [7, 11) is 0. The molecular formula is C24H32O. The molecule has 0 bridgehead atoms. The third kappa shape index (κ3) is 3.92. The fourth-order valence-electron chi connectivity index (χ4n) is 3.76. The van der Waals surface area contributed by atoms with Gasteiger partial charge in [0.1, 0.15) is 11.2 Å². The van der Waals surface area contributed by atoms with Crippen LogP contribution in [-0.2, 0) is 12.8 Å². The molecule has 2 aromatic carbocycles. The van der Waals surface area contributed by atoms with Crippen LogP contribution in [0, 0.1) is 13.8 Å². The highest BCUT2D eigenvalue weighted by atomic mass is 16.3. The molecule has 0 aliphatic rings. The Kier molecular flexibility index (Phi) is 5.83. The second kappa shape index (κ2) is 8.08. The molecule has 0 N–H and O–H groups in total. The zero-order chi connectivity index (χ0) is 17.8. The standard InChI is InChI=1S/C24H32O/c1-5-7-9-11-19-15-22-21-13-17(3)18(4)14-23(21)25-24(22)16-20(19)12-10-8-6-2/h13-16H,5-12H2,1-4H3. The zero-order valence-corrected chi connectivity index (χ0v) is 16.4. The van der Waals surface area contributed by atoms with Gasteiger partial charge < -0.3 is 4.42 Å². The van der Waals surface area contributed by atoms with Crippen molar-refractivity contribution in [1.29, 1.82) is 0 Å². The molecule has 0 saturated carbocycles. The molecule has 0 fully saturated rings. The summed E-state index contributed by atoms with van der Waals surface area (Å²) in [5.74, 6) is 0. The first kappa shape index (κ1) is 18.0. The number of rotatable bonds is 8. The summed E-state index contributed by atoms with van der Waals surface area (Å²) in [6, 6.07) is 9.24. The molecular weight excluding hydrogens is 304 g/mol. The van der Waals surface area contributed by atoms with Gasteiger partial charge in [-0.05, 0) is 86.1 Å². The van der Waals surface area contributed by atoms with Gasteiger partial charge in [0.25, 0.3) is 0 Å². The molecule has 0 atom stereocenters. The molecule has 0 unspecified atom stereocenters. The summed E-state index contributed by atoms with van der Waals surface area (Å²) in [5.41, 5.74) is 7.78. The van der Waals surface area contributed by atoms with Crippen molar-refractivity contribution in [2.24, 2.45) is 0 Å². The van der Waals surface area contributed by atoms with Crippen LogP contribution in [0.4, 0.5) is 0 Å². The van der Waals surface area contributed by atoms with E-state index in [-0.39, 0.29) is 0 Å². The SMILES string of the molecule is CCCCCc1cc2oc3cc(C)c(C)cc3c2cc1CCCCC. The third-order valence-electron chi connectivity index (χ3n) is 5.51. The summed E-state index contributed by atoms with van der Waals surface area (Å²) in [5, 5.41) is 2.57. The molecule has 134 valence electrons. The third-order valence-corrected chi connectivity index (χ3v) is 5.51. The summed E-state index contributed by atoms with van der Waals surface area (Å²) in [6.45, 7) is 8.90. The molecule has 1 heteroatoms. The lowest BCUT2D eigenvalue weighted by Crippen LogP contribution is -1.95. The van der Waals surface area contributed by atoms with E-state index in [1.54, 1.807) is 0 Å². The number of unbranched alkanes of at least 4 members (excludes halogenated alkanes) is 4. The molecule has 1 nitrogen and oxygen atoms in total. The van der Waals surface area contributed by atoms with E-state index < -0.39 is 0 Å². The second-order valence-electron chi connectivity index (χ2n) is 7.57. The van der Waals surface area contributed by atoms with Gasteiger partial charge in [-0.15, -0.1) is 0 Å². The maximum absolute atomic E-state index is 6.22. The van der Waals surface area contributed by atoms with Crippen molar-refractivity contribution in [1.82, 2.24) is 0 Å². The van der Waals surface area contributed by atoms with Crippen molar-refractivity contribution in [3.05, 3.63) is 46.5 Å². The Balaban J connectivity index is 2.05. The minimum Gasteiger partial charge on any atom is -0.456 e. The maximum atomic E-state index is 6.22. The molecule has 0 radical (unpaired) electrons. The Hall–Kier alpha value is -1.76. The van der Waals surface area contributed by atoms with Crippen molar-refractivity contribution in [3.8, 4) is 0 Å². The van der Waals surface area contributed by atoms with Crippen LogP contribution in [0.3, 0.4) is 0 Å². The molecule has 25 heavy (non-hydrogen) atoms. The van der Waals surface area contributed by atoms with E-state index in [4.69, 9.17) is 4.42 Å². The van der Waals surface area contributed by atoms with Crippen LogP contribution in [0.2, 0.25) is 0 Å². The largest absolute Gasteiger partial charge is 0.456 e. The highest BCUT2D eigenvalue weighted by molar-refractivity contribution is 6.05. The number of hydrogen-bond acceptors (Lipinski definition) is 1. The summed E-state index contributed by atoms with van der Waals surface area (Å²) >= 11 is 0. The molecule has 1 aromatic heterocycles.